The lowest BCUT2D eigenvalue weighted by atomic mass is 10.2. The van der Waals surface area contributed by atoms with Gasteiger partial charge in [0.05, 0.1) is 13.2 Å². The molecular weight excluding hydrogens is 436 g/mol. The van der Waals surface area contributed by atoms with Crippen molar-refractivity contribution in [1.82, 2.24) is 14.3 Å². The SMILES string of the molecule is CCCCNc1ncc(C(=O)Nc2ccc(SN3CCOCC3)cc2)c(NCCC2CC2)n1. The van der Waals surface area contributed by atoms with Crippen molar-refractivity contribution in [2.45, 2.75) is 43.9 Å². The van der Waals surface area contributed by atoms with Gasteiger partial charge in [-0.3, -0.25) is 4.79 Å². The number of anilines is 3. The Kier molecular flexibility index (Phi) is 8.79. The fourth-order valence-electron chi connectivity index (χ4n) is 3.53. The van der Waals surface area contributed by atoms with Crippen molar-refractivity contribution in [3.05, 3.63) is 36.0 Å². The molecule has 178 valence electrons. The smallest absolute Gasteiger partial charge is 0.260 e. The van der Waals surface area contributed by atoms with Crippen LogP contribution in [0.4, 0.5) is 17.5 Å². The monoisotopic (exact) mass is 470 g/mol. The van der Waals surface area contributed by atoms with Gasteiger partial charge >= 0.3 is 0 Å². The molecule has 9 heteroatoms. The fourth-order valence-corrected chi connectivity index (χ4v) is 4.42. The third-order valence-electron chi connectivity index (χ3n) is 5.71. The molecule has 8 nitrogen and oxygen atoms in total. The Morgan fingerprint density at radius 1 is 1.15 bits per heavy atom. The van der Waals surface area contributed by atoms with Crippen molar-refractivity contribution in [2.24, 2.45) is 5.92 Å². The summed E-state index contributed by atoms with van der Waals surface area (Å²) in [4.78, 5) is 23.1. The molecule has 2 fully saturated rings. The van der Waals surface area contributed by atoms with Crippen LogP contribution in [-0.4, -0.2) is 59.6 Å². The lowest BCUT2D eigenvalue weighted by Gasteiger charge is -2.25. The third kappa shape index (κ3) is 7.58. The minimum atomic E-state index is -0.211. The normalized spacial score (nSPS) is 16.4. The van der Waals surface area contributed by atoms with E-state index in [1.54, 1.807) is 18.1 Å². The van der Waals surface area contributed by atoms with Gasteiger partial charge in [-0.2, -0.15) is 4.98 Å². The number of nitrogens with zero attached hydrogens (tertiary/aromatic N) is 3. The Morgan fingerprint density at radius 2 is 1.94 bits per heavy atom. The van der Waals surface area contributed by atoms with Gasteiger partial charge in [-0.25, -0.2) is 9.29 Å². The number of morpholine rings is 1. The molecule has 2 heterocycles. The summed E-state index contributed by atoms with van der Waals surface area (Å²) < 4.78 is 7.70. The van der Waals surface area contributed by atoms with Crippen LogP contribution in [0.25, 0.3) is 0 Å². The van der Waals surface area contributed by atoms with Crippen molar-refractivity contribution in [1.29, 1.82) is 0 Å². The number of unbranched alkanes of at least 4 members (excludes halogenated alkanes) is 1. The molecule has 1 saturated carbocycles. The Hall–Kier alpha value is -2.36. The molecule has 0 unspecified atom stereocenters. The second-order valence-corrected chi connectivity index (χ2v) is 9.68. The molecule has 1 aromatic carbocycles. The molecule has 1 aliphatic carbocycles. The zero-order valence-electron chi connectivity index (χ0n) is 19.3. The first-order chi connectivity index (χ1) is 16.2. The van der Waals surface area contributed by atoms with Gasteiger partial charge in [-0.1, -0.05) is 26.2 Å². The first-order valence-electron chi connectivity index (χ1n) is 12.0. The van der Waals surface area contributed by atoms with Crippen molar-refractivity contribution in [3.8, 4) is 0 Å². The Morgan fingerprint density at radius 3 is 2.67 bits per heavy atom. The first kappa shape index (κ1) is 23.8. The maximum Gasteiger partial charge on any atom is 0.260 e. The van der Waals surface area contributed by atoms with Crippen molar-refractivity contribution in [3.63, 3.8) is 0 Å². The standard InChI is InChI=1S/C24H34N6O2S/c1-2-3-11-26-24-27-17-21(22(29-24)25-12-10-18-4-5-18)23(31)28-19-6-8-20(9-7-19)33-30-13-15-32-16-14-30/h6-9,17-18H,2-5,10-16H2,1H3,(H,28,31)(H2,25,26,27,29). The van der Waals surface area contributed by atoms with E-state index < -0.39 is 0 Å². The number of carbonyl (C=O) groups excluding carboxylic acids is 1. The lowest BCUT2D eigenvalue weighted by molar-refractivity contribution is 0.0773. The molecular formula is C24H34N6O2S. The van der Waals surface area contributed by atoms with Gasteiger partial charge in [0, 0.05) is 43.0 Å². The number of amides is 1. The molecule has 2 aliphatic rings. The van der Waals surface area contributed by atoms with E-state index in [-0.39, 0.29) is 5.91 Å². The summed E-state index contributed by atoms with van der Waals surface area (Å²) in [5.74, 6) is 1.74. The predicted molar refractivity (Wildman–Crippen MR) is 134 cm³/mol. The van der Waals surface area contributed by atoms with E-state index in [0.717, 1.165) is 75.2 Å². The van der Waals surface area contributed by atoms with Crippen LogP contribution in [0.15, 0.2) is 35.4 Å². The van der Waals surface area contributed by atoms with Crippen molar-refractivity contribution >= 4 is 35.3 Å². The summed E-state index contributed by atoms with van der Waals surface area (Å²) in [6, 6.07) is 7.92. The fraction of sp³-hybridized carbons (Fsp3) is 0.542. The Balaban J connectivity index is 1.38. The molecule has 0 bridgehead atoms. The highest BCUT2D eigenvalue weighted by atomic mass is 32.2. The van der Waals surface area contributed by atoms with Gasteiger partial charge in [0.2, 0.25) is 5.95 Å². The zero-order valence-corrected chi connectivity index (χ0v) is 20.1. The average molecular weight is 471 g/mol. The number of hydrogen-bond donors (Lipinski definition) is 3. The second-order valence-electron chi connectivity index (χ2n) is 8.51. The topological polar surface area (TPSA) is 91.4 Å². The number of carbonyl (C=O) groups is 1. The number of benzene rings is 1. The maximum atomic E-state index is 13.0. The molecule has 4 rings (SSSR count). The third-order valence-corrected chi connectivity index (χ3v) is 6.81. The van der Waals surface area contributed by atoms with Crippen LogP contribution in [0.1, 0.15) is 49.4 Å². The van der Waals surface area contributed by atoms with Crippen LogP contribution < -0.4 is 16.0 Å². The van der Waals surface area contributed by atoms with Crippen molar-refractivity contribution in [2.75, 3.05) is 55.3 Å². The van der Waals surface area contributed by atoms with Gasteiger partial charge < -0.3 is 20.7 Å². The summed E-state index contributed by atoms with van der Waals surface area (Å²) in [5.41, 5.74) is 1.21. The maximum absolute atomic E-state index is 13.0. The average Bonchev–Trinajstić information content (AvgIpc) is 3.66. The number of rotatable bonds is 12. The summed E-state index contributed by atoms with van der Waals surface area (Å²) in [6.07, 6.45) is 7.48. The summed E-state index contributed by atoms with van der Waals surface area (Å²) >= 11 is 1.72. The minimum absolute atomic E-state index is 0.211. The summed E-state index contributed by atoms with van der Waals surface area (Å²) in [7, 11) is 0. The van der Waals surface area contributed by atoms with E-state index in [0.29, 0.717) is 17.3 Å². The van der Waals surface area contributed by atoms with Crippen LogP contribution in [0.2, 0.25) is 0 Å². The molecule has 1 aliphatic heterocycles. The Labute approximate surface area is 200 Å². The highest BCUT2D eigenvalue weighted by Crippen LogP contribution is 2.32. The molecule has 2 aromatic rings. The largest absolute Gasteiger partial charge is 0.379 e. The van der Waals surface area contributed by atoms with Gasteiger partial charge in [-0.05, 0) is 55.0 Å². The second kappa shape index (κ2) is 12.2. The first-order valence-corrected chi connectivity index (χ1v) is 12.8. The molecule has 0 atom stereocenters. The number of aromatic nitrogens is 2. The van der Waals surface area contributed by atoms with E-state index in [4.69, 9.17) is 4.74 Å². The highest BCUT2D eigenvalue weighted by Gasteiger charge is 2.21. The molecule has 1 amide bonds. The van der Waals surface area contributed by atoms with E-state index in [1.807, 2.05) is 24.3 Å². The Bertz CT molecular complexity index is 900. The molecule has 1 aromatic heterocycles. The van der Waals surface area contributed by atoms with Gasteiger partial charge in [0.15, 0.2) is 0 Å². The van der Waals surface area contributed by atoms with Gasteiger partial charge in [0.25, 0.3) is 5.91 Å². The molecule has 1 saturated heterocycles. The highest BCUT2D eigenvalue weighted by molar-refractivity contribution is 7.97. The summed E-state index contributed by atoms with van der Waals surface area (Å²) in [5, 5.41) is 9.60. The van der Waals surface area contributed by atoms with Crippen LogP contribution in [-0.2, 0) is 4.74 Å². The molecule has 33 heavy (non-hydrogen) atoms. The van der Waals surface area contributed by atoms with Gasteiger partial charge in [0.1, 0.15) is 11.4 Å². The zero-order chi connectivity index (χ0) is 22.9. The van der Waals surface area contributed by atoms with Crippen LogP contribution >= 0.6 is 11.9 Å². The lowest BCUT2D eigenvalue weighted by Crippen LogP contribution is -2.30. The molecule has 0 spiro atoms. The van der Waals surface area contributed by atoms with Gasteiger partial charge in [-0.15, -0.1) is 0 Å². The van der Waals surface area contributed by atoms with E-state index in [1.165, 1.54) is 12.8 Å². The molecule has 0 radical (unpaired) electrons. The van der Waals surface area contributed by atoms with E-state index in [2.05, 4.69) is 37.1 Å². The van der Waals surface area contributed by atoms with E-state index in [9.17, 15) is 4.79 Å². The van der Waals surface area contributed by atoms with Crippen molar-refractivity contribution < 1.29 is 9.53 Å². The van der Waals surface area contributed by atoms with E-state index >= 15 is 0 Å². The number of nitrogens with one attached hydrogen (secondary N) is 3. The predicted octanol–water partition coefficient (Wildman–Crippen LogP) is 4.49. The molecule has 3 N–H and O–H groups in total. The number of ether oxygens (including phenoxy) is 1. The van der Waals surface area contributed by atoms with Crippen LogP contribution in [0.3, 0.4) is 0 Å². The number of hydrogen-bond acceptors (Lipinski definition) is 8. The van der Waals surface area contributed by atoms with Crippen LogP contribution in [0, 0.1) is 5.92 Å². The quantitative estimate of drug-likeness (QED) is 0.309. The van der Waals surface area contributed by atoms with Crippen LogP contribution in [0.5, 0.6) is 0 Å². The minimum Gasteiger partial charge on any atom is -0.379 e. The summed E-state index contributed by atoms with van der Waals surface area (Å²) in [6.45, 7) is 7.16.